The third-order valence-corrected chi connectivity index (χ3v) is 6.97. The fourth-order valence-corrected chi connectivity index (χ4v) is 5.63. The summed E-state index contributed by atoms with van der Waals surface area (Å²) in [6.45, 7) is 4.65. The van der Waals surface area contributed by atoms with E-state index in [1.165, 1.54) is 52.1 Å². The maximum absolute atomic E-state index is 5.93. The SMILES string of the molecule is c1c2c(cc3c1c1c(c4cc5c(cc43)OCCO5)CN3CCCC3C1)OCCO2. The summed E-state index contributed by atoms with van der Waals surface area (Å²) in [5.74, 6) is 3.43. The second kappa shape index (κ2) is 5.92. The van der Waals surface area contributed by atoms with Crippen molar-refractivity contribution in [2.24, 2.45) is 0 Å². The van der Waals surface area contributed by atoms with E-state index < -0.39 is 0 Å². The number of benzene rings is 3. The minimum Gasteiger partial charge on any atom is -0.486 e. The molecule has 4 aliphatic heterocycles. The molecule has 1 fully saturated rings. The molecular formula is C24H23NO4. The standard InChI is InChI=1S/C24H23NO4/c1-2-14-8-15-16-9-21-22(27-5-4-26-21)10-17(16)18-11-23-24(29-7-6-28-23)12-19(18)20(15)13-25(14)3-1/h9-12,14H,1-8,13H2. The predicted octanol–water partition coefficient (Wildman–Crippen LogP) is 4.06. The van der Waals surface area contributed by atoms with Crippen molar-refractivity contribution < 1.29 is 18.9 Å². The van der Waals surface area contributed by atoms with Gasteiger partial charge in [-0.05, 0) is 82.7 Å². The first-order chi connectivity index (χ1) is 14.3. The zero-order chi connectivity index (χ0) is 18.9. The van der Waals surface area contributed by atoms with Gasteiger partial charge in [0.15, 0.2) is 23.0 Å². The van der Waals surface area contributed by atoms with E-state index in [0.29, 0.717) is 32.5 Å². The van der Waals surface area contributed by atoms with E-state index in [9.17, 15) is 0 Å². The molecule has 0 aliphatic carbocycles. The van der Waals surface area contributed by atoms with Gasteiger partial charge in [0, 0.05) is 12.6 Å². The molecule has 1 atom stereocenters. The van der Waals surface area contributed by atoms with Crippen LogP contribution in [0.15, 0.2) is 24.3 Å². The third-order valence-electron chi connectivity index (χ3n) is 6.97. The Balaban J connectivity index is 1.58. The first kappa shape index (κ1) is 16.2. The molecule has 0 amide bonds. The van der Waals surface area contributed by atoms with Gasteiger partial charge in [-0.3, -0.25) is 4.90 Å². The van der Waals surface area contributed by atoms with E-state index in [2.05, 4.69) is 29.2 Å². The fraction of sp³-hybridized carbons (Fsp3) is 0.417. The Hall–Kier alpha value is -2.66. The quantitative estimate of drug-likeness (QED) is 0.543. The van der Waals surface area contributed by atoms with Gasteiger partial charge in [0.1, 0.15) is 26.4 Å². The van der Waals surface area contributed by atoms with E-state index in [1.54, 1.807) is 0 Å². The number of fused-ring (bicyclic) bond motifs is 9. The number of hydrogen-bond acceptors (Lipinski definition) is 5. The highest BCUT2D eigenvalue weighted by atomic mass is 16.6. The van der Waals surface area contributed by atoms with Gasteiger partial charge in [-0.25, -0.2) is 0 Å². The summed E-state index contributed by atoms with van der Waals surface area (Å²) >= 11 is 0. The highest BCUT2D eigenvalue weighted by Gasteiger charge is 2.33. The van der Waals surface area contributed by atoms with Crippen LogP contribution < -0.4 is 18.9 Å². The zero-order valence-corrected chi connectivity index (χ0v) is 16.3. The largest absolute Gasteiger partial charge is 0.486 e. The number of rotatable bonds is 0. The molecule has 5 nitrogen and oxygen atoms in total. The van der Waals surface area contributed by atoms with Gasteiger partial charge in [-0.15, -0.1) is 0 Å². The van der Waals surface area contributed by atoms with Crippen molar-refractivity contribution in [3.8, 4) is 23.0 Å². The van der Waals surface area contributed by atoms with Crippen molar-refractivity contribution in [2.75, 3.05) is 33.0 Å². The van der Waals surface area contributed by atoms with Crippen molar-refractivity contribution >= 4 is 21.5 Å². The van der Waals surface area contributed by atoms with Crippen LogP contribution in [-0.2, 0) is 13.0 Å². The molecule has 29 heavy (non-hydrogen) atoms. The molecule has 0 radical (unpaired) electrons. The summed E-state index contributed by atoms with van der Waals surface area (Å²) in [5.41, 5.74) is 2.92. The van der Waals surface area contributed by atoms with Crippen molar-refractivity contribution in [3.63, 3.8) is 0 Å². The highest BCUT2D eigenvalue weighted by Crippen LogP contribution is 2.47. The van der Waals surface area contributed by atoms with Crippen molar-refractivity contribution in [2.45, 2.75) is 31.8 Å². The van der Waals surface area contributed by atoms with Crippen LogP contribution in [0.25, 0.3) is 21.5 Å². The molecule has 4 aliphatic rings. The van der Waals surface area contributed by atoms with Gasteiger partial charge < -0.3 is 18.9 Å². The highest BCUT2D eigenvalue weighted by molar-refractivity contribution is 6.13. The molecule has 0 saturated carbocycles. The summed E-state index contributed by atoms with van der Waals surface area (Å²) in [6.07, 6.45) is 3.70. The Bertz CT molecular complexity index is 1080. The Kier molecular flexibility index (Phi) is 3.30. The molecule has 3 aromatic carbocycles. The minimum absolute atomic E-state index is 0.600. The molecule has 148 valence electrons. The van der Waals surface area contributed by atoms with Crippen molar-refractivity contribution in [1.82, 2.24) is 4.90 Å². The van der Waals surface area contributed by atoms with Crippen LogP contribution in [0.3, 0.4) is 0 Å². The molecule has 0 N–H and O–H groups in total. The van der Waals surface area contributed by atoms with Crippen LogP contribution >= 0.6 is 0 Å². The number of ether oxygens (including phenoxy) is 4. The van der Waals surface area contributed by atoms with Crippen molar-refractivity contribution in [1.29, 1.82) is 0 Å². The second-order valence-corrected chi connectivity index (χ2v) is 8.51. The molecule has 7 rings (SSSR count). The maximum Gasteiger partial charge on any atom is 0.162 e. The third kappa shape index (κ3) is 2.31. The number of nitrogens with zero attached hydrogens (tertiary/aromatic N) is 1. The van der Waals surface area contributed by atoms with Gasteiger partial charge in [-0.2, -0.15) is 0 Å². The monoisotopic (exact) mass is 389 g/mol. The van der Waals surface area contributed by atoms with Gasteiger partial charge in [0.05, 0.1) is 0 Å². The molecule has 4 heterocycles. The second-order valence-electron chi connectivity index (χ2n) is 8.51. The Morgan fingerprint density at radius 3 is 1.76 bits per heavy atom. The average molecular weight is 389 g/mol. The van der Waals surface area contributed by atoms with E-state index in [0.717, 1.165) is 36.0 Å². The number of hydrogen-bond donors (Lipinski definition) is 0. The predicted molar refractivity (Wildman–Crippen MR) is 111 cm³/mol. The van der Waals surface area contributed by atoms with Crippen LogP contribution in [0.5, 0.6) is 23.0 Å². The molecule has 0 aromatic heterocycles. The summed E-state index contributed by atoms with van der Waals surface area (Å²) < 4.78 is 23.7. The topological polar surface area (TPSA) is 40.2 Å². The average Bonchev–Trinajstić information content (AvgIpc) is 3.23. The first-order valence-electron chi connectivity index (χ1n) is 10.7. The Labute approximate surface area is 169 Å². The lowest BCUT2D eigenvalue weighted by Gasteiger charge is -2.34. The first-order valence-corrected chi connectivity index (χ1v) is 10.7. The smallest absolute Gasteiger partial charge is 0.162 e. The van der Waals surface area contributed by atoms with E-state index in [1.807, 2.05) is 0 Å². The molecule has 0 spiro atoms. The molecule has 3 aromatic rings. The fourth-order valence-electron chi connectivity index (χ4n) is 5.63. The van der Waals surface area contributed by atoms with Crippen LogP contribution in [0.4, 0.5) is 0 Å². The van der Waals surface area contributed by atoms with Crippen LogP contribution in [0.2, 0.25) is 0 Å². The van der Waals surface area contributed by atoms with Crippen molar-refractivity contribution in [3.05, 3.63) is 35.4 Å². The minimum atomic E-state index is 0.600. The molecule has 1 unspecified atom stereocenters. The summed E-state index contributed by atoms with van der Waals surface area (Å²) in [4.78, 5) is 2.66. The summed E-state index contributed by atoms with van der Waals surface area (Å²) in [5, 5.41) is 5.04. The van der Waals surface area contributed by atoms with Crippen LogP contribution in [0, 0.1) is 0 Å². The van der Waals surface area contributed by atoms with E-state index >= 15 is 0 Å². The summed E-state index contributed by atoms with van der Waals surface area (Å²) in [7, 11) is 0. The van der Waals surface area contributed by atoms with E-state index in [-0.39, 0.29) is 0 Å². The molecule has 0 bridgehead atoms. The van der Waals surface area contributed by atoms with Crippen LogP contribution in [-0.4, -0.2) is 43.9 Å². The Morgan fingerprint density at radius 1 is 0.655 bits per heavy atom. The lowest BCUT2D eigenvalue weighted by Crippen LogP contribution is -2.35. The molecule has 1 saturated heterocycles. The van der Waals surface area contributed by atoms with Gasteiger partial charge >= 0.3 is 0 Å². The Morgan fingerprint density at radius 2 is 1.17 bits per heavy atom. The molecular weight excluding hydrogens is 366 g/mol. The molecule has 5 heteroatoms. The normalized spacial score (nSPS) is 22.6. The van der Waals surface area contributed by atoms with Gasteiger partial charge in [0.2, 0.25) is 0 Å². The lowest BCUT2D eigenvalue weighted by atomic mass is 9.85. The van der Waals surface area contributed by atoms with Gasteiger partial charge in [0.25, 0.3) is 0 Å². The zero-order valence-electron chi connectivity index (χ0n) is 16.3. The lowest BCUT2D eigenvalue weighted by molar-refractivity contribution is 0.172. The van der Waals surface area contributed by atoms with Gasteiger partial charge in [-0.1, -0.05) is 0 Å². The summed E-state index contributed by atoms with van der Waals surface area (Å²) in [6, 6.07) is 9.41. The van der Waals surface area contributed by atoms with Crippen LogP contribution in [0.1, 0.15) is 24.0 Å². The van der Waals surface area contributed by atoms with E-state index in [4.69, 9.17) is 18.9 Å². The maximum atomic E-state index is 5.93.